The third kappa shape index (κ3) is 4.30. The van der Waals surface area contributed by atoms with Crippen molar-refractivity contribution in [2.24, 2.45) is 0 Å². The predicted octanol–water partition coefficient (Wildman–Crippen LogP) is 2.55. The Hall–Kier alpha value is -0.420. The van der Waals surface area contributed by atoms with Gasteiger partial charge in [0.1, 0.15) is 0 Å². The molecule has 0 saturated carbocycles. The van der Waals surface area contributed by atoms with Gasteiger partial charge in [0.25, 0.3) is 0 Å². The number of aromatic nitrogens is 3. The van der Waals surface area contributed by atoms with E-state index in [1.807, 2.05) is 24.7 Å². The summed E-state index contributed by atoms with van der Waals surface area (Å²) in [5.74, 6) is 0. The van der Waals surface area contributed by atoms with E-state index in [1.165, 1.54) is 0 Å². The standard InChI is InChI=1S/C10H18BrN3O/c1-4-9(11)10-7-14(13-12-10)5-6-15-8(2)3/h7-9H,4-6H2,1-3H3. The van der Waals surface area contributed by atoms with E-state index in [9.17, 15) is 0 Å². The van der Waals surface area contributed by atoms with Crippen molar-refractivity contribution in [2.75, 3.05) is 6.61 Å². The molecule has 0 aliphatic carbocycles. The van der Waals surface area contributed by atoms with Crippen molar-refractivity contribution in [3.8, 4) is 0 Å². The molecule has 0 N–H and O–H groups in total. The number of rotatable bonds is 6. The fourth-order valence-corrected chi connectivity index (χ4v) is 1.37. The zero-order valence-corrected chi connectivity index (χ0v) is 11.1. The summed E-state index contributed by atoms with van der Waals surface area (Å²) in [4.78, 5) is 0.303. The zero-order valence-electron chi connectivity index (χ0n) is 9.48. The molecule has 0 fully saturated rings. The second-order valence-corrected chi connectivity index (χ2v) is 4.81. The van der Waals surface area contributed by atoms with Crippen LogP contribution in [0, 0.1) is 0 Å². The van der Waals surface area contributed by atoms with Crippen LogP contribution >= 0.6 is 15.9 Å². The van der Waals surface area contributed by atoms with Gasteiger partial charge < -0.3 is 4.74 Å². The maximum absolute atomic E-state index is 5.44. The van der Waals surface area contributed by atoms with Crippen molar-refractivity contribution in [3.05, 3.63) is 11.9 Å². The summed E-state index contributed by atoms with van der Waals surface area (Å²) in [7, 11) is 0. The molecular weight excluding hydrogens is 258 g/mol. The van der Waals surface area contributed by atoms with Gasteiger partial charge in [-0.05, 0) is 20.3 Å². The van der Waals surface area contributed by atoms with E-state index in [-0.39, 0.29) is 6.10 Å². The largest absolute Gasteiger partial charge is 0.377 e. The van der Waals surface area contributed by atoms with Gasteiger partial charge >= 0.3 is 0 Å². The Labute approximate surface area is 99.1 Å². The molecule has 0 radical (unpaired) electrons. The topological polar surface area (TPSA) is 39.9 Å². The van der Waals surface area contributed by atoms with Crippen molar-refractivity contribution < 1.29 is 4.74 Å². The molecule has 4 nitrogen and oxygen atoms in total. The van der Waals surface area contributed by atoms with Crippen LogP contribution in [-0.4, -0.2) is 27.7 Å². The third-order valence-corrected chi connectivity index (χ3v) is 3.12. The zero-order chi connectivity index (χ0) is 11.3. The van der Waals surface area contributed by atoms with E-state index in [0.717, 1.165) is 18.7 Å². The molecule has 0 aromatic carbocycles. The van der Waals surface area contributed by atoms with E-state index >= 15 is 0 Å². The molecule has 1 heterocycles. The molecule has 5 heteroatoms. The van der Waals surface area contributed by atoms with Gasteiger partial charge in [0.05, 0.1) is 29.8 Å². The highest BCUT2D eigenvalue weighted by molar-refractivity contribution is 9.09. The molecule has 1 aromatic heterocycles. The van der Waals surface area contributed by atoms with Crippen LogP contribution in [0.2, 0.25) is 0 Å². The number of nitrogens with zero attached hydrogens (tertiary/aromatic N) is 3. The molecule has 1 aromatic rings. The Morgan fingerprint density at radius 2 is 2.27 bits per heavy atom. The van der Waals surface area contributed by atoms with E-state index < -0.39 is 0 Å². The SMILES string of the molecule is CCC(Br)c1cn(CCOC(C)C)nn1. The Morgan fingerprint density at radius 1 is 1.53 bits per heavy atom. The highest BCUT2D eigenvalue weighted by atomic mass is 79.9. The first-order chi connectivity index (χ1) is 7.13. The molecule has 0 amide bonds. The number of halogens is 1. The summed E-state index contributed by atoms with van der Waals surface area (Å²) >= 11 is 3.54. The summed E-state index contributed by atoms with van der Waals surface area (Å²) in [5.41, 5.74) is 0.988. The Balaban J connectivity index is 2.39. The Bertz CT molecular complexity index is 288. The van der Waals surface area contributed by atoms with Gasteiger partial charge in [0, 0.05) is 6.20 Å². The molecule has 1 atom stereocenters. The number of hydrogen-bond acceptors (Lipinski definition) is 3. The summed E-state index contributed by atoms with van der Waals surface area (Å²) in [6.07, 6.45) is 3.25. The smallest absolute Gasteiger partial charge is 0.0963 e. The second-order valence-electron chi connectivity index (χ2n) is 3.70. The van der Waals surface area contributed by atoms with Crippen molar-refractivity contribution in [2.45, 2.75) is 44.7 Å². The normalized spacial score (nSPS) is 13.4. The fraction of sp³-hybridized carbons (Fsp3) is 0.800. The van der Waals surface area contributed by atoms with E-state index in [2.05, 4.69) is 33.2 Å². The summed E-state index contributed by atoms with van der Waals surface area (Å²) < 4.78 is 7.26. The van der Waals surface area contributed by atoms with Gasteiger partial charge in [-0.3, -0.25) is 0 Å². The minimum atomic E-state index is 0.271. The molecular formula is C10H18BrN3O. The molecule has 15 heavy (non-hydrogen) atoms. The van der Waals surface area contributed by atoms with E-state index in [1.54, 1.807) is 0 Å². The van der Waals surface area contributed by atoms with E-state index in [0.29, 0.717) is 11.4 Å². The van der Waals surface area contributed by atoms with Crippen LogP contribution < -0.4 is 0 Å². The van der Waals surface area contributed by atoms with Crippen LogP contribution in [0.25, 0.3) is 0 Å². The van der Waals surface area contributed by atoms with Crippen LogP contribution in [0.1, 0.15) is 37.7 Å². The lowest BCUT2D eigenvalue weighted by molar-refractivity contribution is 0.0707. The lowest BCUT2D eigenvalue weighted by Crippen LogP contribution is -2.10. The number of alkyl halides is 1. The van der Waals surface area contributed by atoms with Gasteiger partial charge in [-0.2, -0.15) is 0 Å². The molecule has 1 rings (SSSR count). The Kier molecular flexibility index (Phi) is 5.25. The molecule has 0 aliphatic heterocycles. The lowest BCUT2D eigenvalue weighted by atomic mass is 10.3. The molecule has 1 unspecified atom stereocenters. The maximum atomic E-state index is 5.44. The van der Waals surface area contributed by atoms with Gasteiger partial charge in [-0.1, -0.05) is 28.1 Å². The minimum absolute atomic E-state index is 0.271. The first-order valence-corrected chi connectivity index (χ1v) is 6.20. The van der Waals surface area contributed by atoms with Crippen LogP contribution in [0.15, 0.2) is 6.20 Å². The second kappa shape index (κ2) is 6.23. The molecule has 0 aliphatic rings. The first kappa shape index (κ1) is 12.6. The number of ether oxygens (including phenoxy) is 1. The van der Waals surface area contributed by atoms with Crippen LogP contribution in [-0.2, 0) is 11.3 Å². The van der Waals surface area contributed by atoms with Crippen LogP contribution in [0.4, 0.5) is 0 Å². The van der Waals surface area contributed by atoms with Crippen molar-refractivity contribution in [1.29, 1.82) is 0 Å². The van der Waals surface area contributed by atoms with Gasteiger partial charge in [-0.25, -0.2) is 4.68 Å². The van der Waals surface area contributed by atoms with Crippen LogP contribution in [0.5, 0.6) is 0 Å². The highest BCUT2D eigenvalue weighted by Gasteiger charge is 2.09. The highest BCUT2D eigenvalue weighted by Crippen LogP contribution is 2.23. The summed E-state index contributed by atoms with van der Waals surface area (Å²) in [6, 6.07) is 0. The van der Waals surface area contributed by atoms with Crippen LogP contribution in [0.3, 0.4) is 0 Å². The molecule has 0 spiro atoms. The Morgan fingerprint density at radius 3 is 2.87 bits per heavy atom. The monoisotopic (exact) mass is 275 g/mol. The van der Waals surface area contributed by atoms with Crippen molar-refractivity contribution in [3.63, 3.8) is 0 Å². The molecule has 86 valence electrons. The first-order valence-electron chi connectivity index (χ1n) is 5.29. The minimum Gasteiger partial charge on any atom is -0.377 e. The van der Waals surface area contributed by atoms with Gasteiger partial charge in [-0.15, -0.1) is 5.10 Å². The summed E-state index contributed by atoms with van der Waals surface area (Å²) in [5, 5.41) is 8.13. The van der Waals surface area contributed by atoms with Gasteiger partial charge in [0.2, 0.25) is 0 Å². The van der Waals surface area contributed by atoms with E-state index in [4.69, 9.17) is 4.74 Å². The van der Waals surface area contributed by atoms with Crippen molar-refractivity contribution in [1.82, 2.24) is 15.0 Å². The van der Waals surface area contributed by atoms with Crippen molar-refractivity contribution >= 4 is 15.9 Å². The summed E-state index contributed by atoms with van der Waals surface area (Å²) in [6.45, 7) is 7.60. The quantitative estimate of drug-likeness (QED) is 0.750. The molecule has 0 bridgehead atoms. The average molecular weight is 276 g/mol. The third-order valence-electron chi connectivity index (χ3n) is 2.01. The van der Waals surface area contributed by atoms with Gasteiger partial charge in [0.15, 0.2) is 0 Å². The fourth-order valence-electron chi connectivity index (χ4n) is 1.16. The number of hydrogen-bond donors (Lipinski definition) is 0. The lowest BCUT2D eigenvalue weighted by Gasteiger charge is -2.06. The maximum Gasteiger partial charge on any atom is 0.0963 e. The average Bonchev–Trinajstić information content (AvgIpc) is 2.65. The predicted molar refractivity (Wildman–Crippen MR) is 63.1 cm³/mol. The molecule has 0 saturated heterocycles.